The van der Waals surface area contributed by atoms with Gasteiger partial charge in [-0.1, -0.05) is 30.3 Å². The molecule has 0 spiro atoms. The predicted octanol–water partition coefficient (Wildman–Crippen LogP) is 2.04. The van der Waals surface area contributed by atoms with Crippen LogP contribution in [-0.2, 0) is 6.42 Å². The molecule has 3 aromatic rings. The molecular formula is C15H12N4O. The number of aromatic nitrogens is 4. The van der Waals surface area contributed by atoms with Gasteiger partial charge in [-0.05, 0) is 17.9 Å². The zero-order valence-corrected chi connectivity index (χ0v) is 10.7. The van der Waals surface area contributed by atoms with Crippen molar-refractivity contribution in [2.24, 2.45) is 0 Å². The number of Topliss-reactive ketones (excluding diaryl/α,β-unsaturated/α-hetero) is 1. The molecule has 2 aromatic heterocycles. The molecule has 0 saturated heterocycles. The first-order valence-electron chi connectivity index (χ1n) is 6.58. The van der Waals surface area contributed by atoms with Gasteiger partial charge >= 0.3 is 0 Å². The molecule has 5 heteroatoms. The average Bonchev–Trinajstić information content (AvgIpc) is 2.93. The van der Waals surface area contributed by atoms with Crippen molar-refractivity contribution < 1.29 is 4.79 Å². The molecule has 1 atom stereocenters. The molecule has 0 radical (unpaired) electrons. The maximum atomic E-state index is 12.3. The summed E-state index contributed by atoms with van der Waals surface area (Å²) in [4.78, 5) is 20.9. The predicted molar refractivity (Wildman–Crippen MR) is 72.6 cm³/mol. The Labute approximate surface area is 115 Å². The lowest BCUT2D eigenvalue weighted by molar-refractivity contribution is 0.0962. The largest absolute Gasteiger partial charge is 0.294 e. The van der Waals surface area contributed by atoms with E-state index in [0.29, 0.717) is 17.8 Å². The molecule has 0 aliphatic heterocycles. The molecule has 0 amide bonds. The third kappa shape index (κ3) is 1.71. The molecule has 1 aliphatic carbocycles. The fourth-order valence-electron chi connectivity index (χ4n) is 2.78. The quantitative estimate of drug-likeness (QED) is 0.674. The Morgan fingerprint density at radius 3 is 2.85 bits per heavy atom. The lowest BCUT2D eigenvalue weighted by Gasteiger charge is -2.22. The third-order valence-corrected chi connectivity index (χ3v) is 3.79. The van der Waals surface area contributed by atoms with E-state index in [1.807, 2.05) is 18.2 Å². The summed E-state index contributed by atoms with van der Waals surface area (Å²) in [5.41, 5.74) is 2.69. The number of carbonyl (C=O) groups is 1. The molecule has 4 rings (SSSR count). The van der Waals surface area contributed by atoms with Gasteiger partial charge in [-0.15, -0.1) is 0 Å². The summed E-state index contributed by atoms with van der Waals surface area (Å²) in [7, 11) is 0. The Hall–Kier alpha value is -2.56. The molecule has 0 fully saturated rings. The third-order valence-electron chi connectivity index (χ3n) is 3.79. The summed E-state index contributed by atoms with van der Waals surface area (Å²) in [5.74, 6) is 0.879. The Kier molecular flexibility index (Phi) is 2.39. The fourth-order valence-corrected chi connectivity index (χ4v) is 2.78. The van der Waals surface area contributed by atoms with Crippen LogP contribution in [0.25, 0.3) is 5.78 Å². The number of carbonyl (C=O) groups excluding carboxylic acids is 1. The maximum absolute atomic E-state index is 12.3. The van der Waals surface area contributed by atoms with E-state index in [9.17, 15) is 4.79 Å². The van der Waals surface area contributed by atoms with Gasteiger partial charge in [-0.25, -0.2) is 9.50 Å². The van der Waals surface area contributed by atoms with Crippen molar-refractivity contribution >= 4 is 11.6 Å². The highest BCUT2D eigenvalue weighted by Crippen LogP contribution is 2.31. The molecule has 5 nitrogen and oxygen atoms in total. The van der Waals surface area contributed by atoms with Gasteiger partial charge in [0.2, 0.25) is 0 Å². The van der Waals surface area contributed by atoms with Crippen molar-refractivity contribution in [3.8, 4) is 0 Å². The van der Waals surface area contributed by atoms with Crippen LogP contribution in [0.15, 0.2) is 42.9 Å². The standard InChI is InChI=1S/C15H12N4O/c20-14-7-11(10-4-2-1-3-5-10)6-13-12(14)8-19-15(18-13)16-9-17-19/h1-5,8-9,11H,6-7H2/t11-/m0/s1. The van der Waals surface area contributed by atoms with Crippen LogP contribution in [0.2, 0.25) is 0 Å². The highest BCUT2D eigenvalue weighted by molar-refractivity contribution is 5.98. The van der Waals surface area contributed by atoms with Gasteiger partial charge in [0.05, 0.1) is 11.3 Å². The molecule has 0 N–H and O–H groups in total. The van der Waals surface area contributed by atoms with Gasteiger partial charge in [-0.2, -0.15) is 10.1 Å². The van der Waals surface area contributed by atoms with Gasteiger partial charge in [0.1, 0.15) is 6.33 Å². The van der Waals surface area contributed by atoms with Crippen molar-refractivity contribution in [2.75, 3.05) is 0 Å². The minimum Gasteiger partial charge on any atom is -0.294 e. The van der Waals surface area contributed by atoms with Crippen LogP contribution >= 0.6 is 0 Å². The van der Waals surface area contributed by atoms with E-state index in [4.69, 9.17) is 0 Å². The topological polar surface area (TPSA) is 60.2 Å². The monoisotopic (exact) mass is 264 g/mol. The van der Waals surface area contributed by atoms with Crippen LogP contribution < -0.4 is 0 Å². The lowest BCUT2D eigenvalue weighted by atomic mass is 9.82. The first kappa shape index (κ1) is 11.3. The Bertz CT molecular complexity index is 794. The number of rotatable bonds is 1. The highest BCUT2D eigenvalue weighted by Gasteiger charge is 2.28. The average molecular weight is 264 g/mol. The number of hydrogen-bond donors (Lipinski definition) is 0. The van der Waals surface area contributed by atoms with E-state index in [2.05, 4.69) is 27.2 Å². The highest BCUT2D eigenvalue weighted by atomic mass is 16.1. The SMILES string of the molecule is O=C1C[C@@H](c2ccccc2)Cc2nc3ncnn3cc21. The first-order chi connectivity index (χ1) is 9.81. The Morgan fingerprint density at radius 1 is 1.15 bits per heavy atom. The molecule has 2 heterocycles. The van der Waals surface area contributed by atoms with Crippen molar-refractivity contribution in [3.05, 3.63) is 59.7 Å². The lowest BCUT2D eigenvalue weighted by Crippen LogP contribution is -2.21. The second-order valence-corrected chi connectivity index (χ2v) is 5.04. The smallest absolute Gasteiger partial charge is 0.252 e. The minimum absolute atomic E-state index is 0.130. The van der Waals surface area contributed by atoms with Gasteiger partial charge in [0.15, 0.2) is 5.78 Å². The number of fused-ring (bicyclic) bond motifs is 2. The zero-order valence-electron chi connectivity index (χ0n) is 10.7. The summed E-state index contributed by atoms with van der Waals surface area (Å²) in [6.45, 7) is 0. The fraction of sp³-hybridized carbons (Fsp3) is 0.200. The molecule has 1 aliphatic rings. The molecule has 0 unspecified atom stereocenters. The number of hydrogen-bond acceptors (Lipinski definition) is 4. The van der Waals surface area contributed by atoms with Gasteiger partial charge in [0.25, 0.3) is 5.78 Å². The number of nitrogens with zero attached hydrogens (tertiary/aromatic N) is 4. The van der Waals surface area contributed by atoms with Gasteiger partial charge in [0, 0.05) is 12.6 Å². The molecule has 0 bridgehead atoms. The van der Waals surface area contributed by atoms with Crippen molar-refractivity contribution in [2.45, 2.75) is 18.8 Å². The maximum Gasteiger partial charge on any atom is 0.252 e. The van der Waals surface area contributed by atoms with E-state index in [0.717, 1.165) is 12.1 Å². The van der Waals surface area contributed by atoms with Crippen LogP contribution in [-0.4, -0.2) is 25.4 Å². The van der Waals surface area contributed by atoms with Crippen molar-refractivity contribution in [1.82, 2.24) is 19.6 Å². The van der Waals surface area contributed by atoms with Crippen LogP contribution in [0, 0.1) is 0 Å². The van der Waals surface area contributed by atoms with Gasteiger partial charge < -0.3 is 0 Å². The van der Waals surface area contributed by atoms with Crippen molar-refractivity contribution in [1.29, 1.82) is 0 Å². The summed E-state index contributed by atoms with van der Waals surface area (Å²) in [6, 6.07) is 10.1. The Morgan fingerprint density at radius 2 is 2.00 bits per heavy atom. The number of benzene rings is 1. The minimum atomic E-state index is 0.130. The normalized spacial score (nSPS) is 18.2. The van der Waals surface area contributed by atoms with E-state index in [1.165, 1.54) is 11.9 Å². The summed E-state index contributed by atoms with van der Waals surface area (Å²) in [6.07, 6.45) is 4.49. The zero-order chi connectivity index (χ0) is 13.5. The molecule has 98 valence electrons. The van der Waals surface area contributed by atoms with Crippen LogP contribution in [0.1, 0.15) is 34.0 Å². The van der Waals surface area contributed by atoms with Crippen molar-refractivity contribution in [3.63, 3.8) is 0 Å². The second-order valence-electron chi connectivity index (χ2n) is 5.04. The molecule has 1 aromatic carbocycles. The second kappa shape index (κ2) is 4.23. The molecule has 20 heavy (non-hydrogen) atoms. The van der Waals surface area contributed by atoms with E-state index in [-0.39, 0.29) is 11.7 Å². The van der Waals surface area contributed by atoms with Crippen LogP contribution in [0.3, 0.4) is 0 Å². The van der Waals surface area contributed by atoms with E-state index >= 15 is 0 Å². The molecular weight excluding hydrogens is 252 g/mol. The van der Waals surface area contributed by atoms with Gasteiger partial charge in [-0.3, -0.25) is 4.79 Å². The Balaban J connectivity index is 1.80. The summed E-state index contributed by atoms with van der Waals surface area (Å²) < 4.78 is 1.56. The molecule has 0 saturated carbocycles. The van der Waals surface area contributed by atoms with E-state index < -0.39 is 0 Å². The summed E-state index contributed by atoms with van der Waals surface area (Å²) in [5, 5.41) is 4.03. The first-order valence-corrected chi connectivity index (χ1v) is 6.58. The van der Waals surface area contributed by atoms with Crippen LogP contribution in [0.4, 0.5) is 0 Å². The number of ketones is 1. The van der Waals surface area contributed by atoms with E-state index in [1.54, 1.807) is 10.7 Å². The summed E-state index contributed by atoms with van der Waals surface area (Å²) >= 11 is 0. The van der Waals surface area contributed by atoms with Crippen LogP contribution in [0.5, 0.6) is 0 Å².